The second-order valence-corrected chi connectivity index (χ2v) is 9.84. The number of carbonyl (C=O) groups is 1. The maximum atomic E-state index is 12.9. The van der Waals surface area contributed by atoms with Crippen LogP contribution in [0, 0.1) is 0 Å². The lowest BCUT2D eigenvalue weighted by Gasteiger charge is -2.31. The Hall–Kier alpha value is -4.23. The highest BCUT2D eigenvalue weighted by molar-refractivity contribution is 5.97. The first-order valence-electron chi connectivity index (χ1n) is 13.5. The lowest BCUT2D eigenvalue weighted by molar-refractivity contribution is 0.0526. The average molecular weight is 523 g/mol. The number of hydrogen-bond acceptors (Lipinski definition) is 7. The molecule has 0 saturated heterocycles. The van der Waals surface area contributed by atoms with E-state index in [2.05, 4.69) is 34.3 Å². The van der Waals surface area contributed by atoms with Crippen LogP contribution in [-0.4, -0.2) is 40.2 Å². The van der Waals surface area contributed by atoms with Gasteiger partial charge in [-0.2, -0.15) is 0 Å². The van der Waals surface area contributed by atoms with Gasteiger partial charge in [0.25, 0.3) is 0 Å². The molecule has 2 N–H and O–H groups in total. The van der Waals surface area contributed by atoms with Crippen molar-refractivity contribution in [2.45, 2.75) is 45.8 Å². The van der Waals surface area contributed by atoms with Crippen molar-refractivity contribution in [3.8, 4) is 11.3 Å². The number of anilines is 3. The molecule has 7 nitrogen and oxygen atoms in total. The van der Waals surface area contributed by atoms with Crippen LogP contribution in [0.4, 0.5) is 17.3 Å². The number of aliphatic hydroxyl groups is 1. The van der Waals surface area contributed by atoms with Gasteiger partial charge < -0.3 is 20.1 Å². The smallest absolute Gasteiger partial charge is 0.340 e. The molecule has 0 fully saturated rings. The Labute approximate surface area is 229 Å². The van der Waals surface area contributed by atoms with Gasteiger partial charge in [-0.1, -0.05) is 54.6 Å². The minimum absolute atomic E-state index is 0.0395. The molecule has 4 aromatic rings. The van der Waals surface area contributed by atoms with E-state index in [1.54, 1.807) is 0 Å². The standard InChI is InChI=1S/C32H34N4O3/c1-3-39-32(38)28-19-26-13-8-16-36(31(26)35-30(28)25-11-5-4-6-12-25)27-14-15-33-29(20-27)34-22(2)17-23-9-7-10-24(18-23)21-37/h4-7,9-12,14-15,18-20,22,37H,3,8,13,16-17,21H2,1-2H3,(H,33,34). The van der Waals surface area contributed by atoms with Crippen LogP contribution in [0.15, 0.2) is 79.0 Å². The average Bonchev–Trinajstić information content (AvgIpc) is 2.97. The number of benzene rings is 2. The van der Waals surface area contributed by atoms with Crippen molar-refractivity contribution in [1.29, 1.82) is 0 Å². The summed E-state index contributed by atoms with van der Waals surface area (Å²) >= 11 is 0. The number of nitrogens with one attached hydrogen (secondary N) is 1. The SMILES string of the molecule is CCOC(=O)c1cc2c(nc1-c1ccccc1)N(c1ccnc(NC(C)Cc3cccc(CO)c3)c1)CCC2. The molecule has 2 aromatic heterocycles. The van der Waals surface area contributed by atoms with E-state index in [-0.39, 0.29) is 18.6 Å². The molecule has 0 spiro atoms. The van der Waals surface area contributed by atoms with Gasteiger partial charge in [0.15, 0.2) is 0 Å². The third kappa shape index (κ3) is 6.10. The molecule has 0 bridgehead atoms. The van der Waals surface area contributed by atoms with Gasteiger partial charge in [-0.15, -0.1) is 0 Å². The van der Waals surface area contributed by atoms with E-state index in [9.17, 15) is 9.90 Å². The molecule has 1 unspecified atom stereocenters. The van der Waals surface area contributed by atoms with E-state index < -0.39 is 0 Å². The molecule has 7 heteroatoms. The lowest BCUT2D eigenvalue weighted by atomic mass is 9.98. The molecule has 0 amide bonds. The van der Waals surface area contributed by atoms with Crippen LogP contribution in [0.3, 0.4) is 0 Å². The first-order chi connectivity index (χ1) is 19.1. The van der Waals surface area contributed by atoms with E-state index >= 15 is 0 Å². The maximum Gasteiger partial charge on any atom is 0.340 e. The molecular weight excluding hydrogens is 488 g/mol. The molecule has 1 aliphatic heterocycles. The number of esters is 1. The molecule has 0 radical (unpaired) electrons. The third-order valence-electron chi connectivity index (χ3n) is 6.87. The van der Waals surface area contributed by atoms with Crippen molar-refractivity contribution in [1.82, 2.24) is 9.97 Å². The summed E-state index contributed by atoms with van der Waals surface area (Å²) in [6, 6.07) is 24.0. The van der Waals surface area contributed by atoms with Gasteiger partial charge in [0, 0.05) is 36.1 Å². The molecule has 3 heterocycles. The third-order valence-corrected chi connectivity index (χ3v) is 6.87. The Bertz CT molecular complexity index is 1440. The fourth-order valence-electron chi connectivity index (χ4n) is 5.11. The van der Waals surface area contributed by atoms with Crippen LogP contribution >= 0.6 is 0 Å². The van der Waals surface area contributed by atoms with Crippen molar-refractivity contribution in [2.24, 2.45) is 0 Å². The predicted molar refractivity (Wildman–Crippen MR) is 154 cm³/mol. The van der Waals surface area contributed by atoms with Crippen molar-refractivity contribution >= 4 is 23.3 Å². The Kier molecular flexibility index (Phi) is 8.18. The molecule has 1 aliphatic rings. The van der Waals surface area contributed by atoms with Crippen LogP contribution in [-0.2, 0) is 24.2 Å². The number of nitrogens with zero attached hydrogens (tertiary/aromatic N) is 3. The quantitative estimate of drug-likeness (QED) is 0.263. The first-order valence-corrected chi connectivity index (χ1v) is 13.5. The van der Waals surface area contributed by atoms with E-state index in [4.69, 9.17) is 9.72 Å². The monoisotopic (exact) mass is 522 g/mol. The van der Waals surface area contributed by atoms with E-state index in [1.165, 1.54) is 0 Å². The van der Waals surface area contributed by atoms with Gasteiger partial charge in [-0.25, -0.2) is 14.8 Å². The summed E-state index contributed by atoms with van der Waals surface area (Å²) in [5.41, 5.74) is 6.12. The predicted octanol–water partition coefficient (Wildman–Crippen LogP) is 5.94. The largest absolute Gasteiger partial charge is 0.462 e. The highest BCUT2D eigenvalue weighted by Gasteiger charge is 2.26. The van der Waals surface area contributed by atoms with Crippen molar-refractivity contribution in [2.75, 3.05) is 23.4 Å². The van der Waals surface area contributed by atoms with E-state index in [0.717, 1.165) is 65.4 Å². The van der Waals surface area contributed by atoms with Crippen molar-refractivity contribution in [3.63, 3.8) is 0 Å². The van der Waals surface area contributed by atoms with Crippen LogP contribution in [0.5, 0.6) is 0 Å². The zero-order chi connectivity index (χ0) is 27.2. The molecular formula is C32H34N4O3. The van der Waals surface area contributed by atoms with Crippen LogP contribution < -0.4 is 10.2 Å². The molecule has 2 aromatic carbocycles. The second kappa shape index (κ2) is 12.1. The van der Waals surface area contributed by atoms with Gasteiger partial charge >= 0.3 is 5.97 Å². The van der Waals surface area contributed by atoms with Crippen molar-refractivity contribution in [3.05, 3.63) is 101 Å². The fraction of sp³-hybridized carbons (Fsp3) is 0.281. The minimum Gasteiger partial charge on any atom is -0.462 e. The topological polar surface area (TPSA) is 87.6 Å². The van der Waals surface area contributed by atoms with Crippen LogP contribution in [0.2, 0.25) is 0 Å². The van der Waals surface area contributed by atoms with Crippen LogP contribution in [0.25, 0.3) is 11.3 Å². The number of rotatable bonds is 9. The van der Waals surface area contributed by atoms with E-state index in [1.807, 2.05) is 73.8 Å². The summed E-state index contributed by atoms with van der Waals surface area (Å²) in [4.78, 5) is 24.7. The first kappa shape index (κ1) is 26.4. The number of pyridine rings is 2. The van der Waals surface area contributed by atoms with E-state index in [0.29, 0.717) is 17.9 Å². The summed E-state index contributed by atoms with van der Waals surface area (Å²) in [6.45, 7) is 5.11. The molecule has 5 rings (SSSR count). The lowest BCUT2D eigenvalue weighted by Crippen LogP contribution is -2.27. The summed E-state index contributed by atoms with van der Waals surface area (Å²) < 4.78 is 5.38. The number of aromatic nitrogens is 2. The Morgan fingerprint density at radius 2 is 1.90 bits per heavy atom. The Morgan fingerprint density at radius 1 is 1.08 bits per heavy atom. The summed E-state index contributed by atoms with van der Waals surface area (Å²) in [6.07, 6.45) is 4.42. The molecule has 200 valence electrons. The summed E-state index contributed by atoms with van der Waals surface area (Å²) in [5.74, 6) is 1.30. The zero-order valence-electron chi connectivity index (χ0n) is 22.4. The molecule has 39 heavy (non-hydrogen) atoms. The highest BCUT2D eigenvalue weighted by Crippen LogP contribution is 2.36. The molecule has 1 atom stereocenters. The second-order valence-electron chi connectivity index (χ2n) is 9.84. The summed E-state index contributed by atoms with van der Waals surface area (Å²) in [5, 5.41) is 13.0. The van der Waals surface area contributed by atoms with Crippen LogP contribution in [0.1, 0.15) is 47.3 Å². The number of hydrogen-bond donors (Lipinski definition) is 2. The van der Waals surface area contributed by atoms with Crippen molar-refractivity contribution < 1.29 is 14.6 Å². The van der Waals surface area contributed by atoms with Gasteiger partial charge in [-0.05, 0) is 61.9 Å². The Morgan fingerprint density at radius 3 is 2.69 bits per heavy atom. The zero-order valence-corrected chi connectivity index (χ0v) is 22.4. The minimum atomic E-state index is -0.349. The van der Waals surface area contributed by atoms with Gasteiger partial charge in [0.2, 0.25) is 0 Å². The highest BCUT2D eigenvalue weighted by atomic mass is 16.5. The maximum absolute atomic E-state index is 12.9. The number of aliphatic hydroxyl groups excluding tert-OH is 1. The fourth-order valence-corrected chi connectivity index (χ4v) is 5.11. The summed E-state index contributed by atoms with van der Waals surface area (Å²) in [7, 11) is 0. The Balaban J connectivity index is 1.44. The number of aryl methyl sites for hydroxylation is 1. The molecule has 0 saturated carbocycles. The molecule has 0 aliphatic carbocycles. The van der Waals surface area contributed by atoms with Gasteiger partial charge in [-0.3, -0.25) is 0 Å². The number of fused-ring (bicyclic) bond motifs is 1. The number of ether oxygens (including phenoxy) is 1. The number of carbonyl (C=O) groups excluding carboxylic acids is 1. The van der Waals surface area contributed by atoms with Gasteiger partial charge in [0.1, 0.15) is 11.6 Å². The van der Waals surface area contributed by atoms with Gasteiger partial charge in [0.05, 0.1) is 24.5 Å². The normalized spacial score (nSPS) is 13.5.